The third-order valence-electron chi connectivity index (χ3n) is 4.48. The van der Waals surface area contributed by atoms with Gasteiger partial charge in [-0.25, -0.2) is 18.4 Å². The van der Waals surface area contributed by atoms with Crippen LogP contribution >= 0.6 is 11.6 Å². The summed E-state index contributed by atoms with van der Waals surface area (Å²) in [7, 11) is 0. The summed E-state index contributed by atoms with van der Waals surface area (Å²) in [4.78, 5) is 36.6. The zero-order valence-corrected chi connectivity index (χ0v) is 18.2. The number of alkyl halides is 3. The zero-order chi connectivity index (χ0) is 26.1. The molecular weight excluding hydrogens is 507 g/mol. The molecule has 0 radical (unpaired) electrons. The van der Waals surface area contributed by atoms with Gasteiger partial charge < -0.3 is 15.2 Å². The van der Waals surface area contributed by atoms with Gasteiger partial charge in [0.1, 0.15) is 23.1 Å². The number of hydrogen-bond donors (Lipinski definition) is 2. The van der Waals surface area contributed by atoms with Gasteiger partial charge in [0, 0.05) is 12.6 Å². The highest BCUT2D eigenvalue weighted by molar-refractivity contribution is 6.34. The number of amides is 1. The van der Waals surface area contributed by atoms with E-state index in [-0.39, 0.29) is 11.6 Å². The normalized spacial score (nSPS) is 11.4. The van der Waals surface area contributed by atoms with Crippen molar-refractivity contribution in [3.05, 3.63) is 68.9 Å². The number of aromatic nitrogens is 3. The topological polar surface area (TPSA) is 115 Å². The number of benzene rings is 2. The molecule has 0 saturated carbocycles. The van der Waals surface area contributed by atoms with Crippen LogP contribution in [0.15, 0.2) is 35.1 Å². The smallest absolute Gasteiger partial charge is 0.422 e. The van der Waals surface area contributed by atoms with Crippen molar-refractivity contribution in [2.24, 2.45) is 0 Å². The second-order valence-electron chi connectivity index (χ2n) is 6.82. The van der Waals surface area contributed by atoms with Crippen LogP contribution in [0.1, 0.15) is 27.9 Å². The maximum atomic E-state index is 15.0. The molecular formula is C20H14ClF5N4O5. The van der Waals surface area contributed by atoms with Gasteiger partial charge in [-0.15, -0.1) is 5.10 Å². The number of carboxylic acids is 1. The number of ether oxygens (including phenoxy) is 1. The van der Waals surface area contributed by atoms with Gasteiger partial charge in [-0.2, -0.15) is 17.9 Å². The number of anilines is 1. The average Bonchev–Trinajstić information content (AvgIpc) is 3.11. The van der Waals surface area contributed by atoms with E-state index >= 15 is 0 Å². The molecule has 0 unspecified atom stereocenters. The van der Waals surface area contributed by atoms with Gasteiger partial charge in [0.05, 0.1) is 16.3 Å². The molecule has 0 fully saturated rings. The Morgan fingerprint density at radius 1 is 1.20 bits per heavy atom. The van der Waals surface area contributed by atoms with Crippen LogP contribution in [-0.4, -0.2) is 44.1 Å². The maximum Gasteiger partial charge on any atom is 0.422 e. The molecule has 0 aliphatic carbocycles. The van der Waals surface area contributed by atoms with Crippen molar-refractivity contribution < 1.29 is 41.4 Å². The fraction of sp³-hybridized carbons (Fsp3) is 0.200. The van der Waals surface area contributed by atoms with E-state index in [1.807, 2.05) is 5.32 Å². The van der Waals surface area contributed by atoms with Gasteiger partial charge in [0.2, 0.25) is 5.82 Å². The molecule has 2 aromatic carbocycles. The average molecular weight is 521 g/mol. The molecule has 1 amide bonds. The van der Waals surface area contributed by atoms with E-state index in [0.29, 0.717) is 21.4 Å². The van der Waals surface area contributed by atoms with Crippen LogP contribution in [-0.2, 0) is 6.54 Å². The lowest BCUT2D eigenvalue weighted by Crippen LogP contribution is -2.26. The molecule has 0 saturated heterocycles. The molecule has 0 atom stereocenters. The maximum absolute atomic E-state index is 15.0. The molecule has 1 heterocycles. The molecule has 186 valence electrons. The van der Waals surface area contributed by atoms with Gasteiger partial charge in [-0.05, 0) is 25.1 Å². The number of hydrogen-bond acceptors (Lipinski definition) is 5. The largest absolute Gasteiger partial charge is 0.483 e. The highest BCUT2D eigenvalue weighted by Gasteiger charge is 2.31. The molecule has 0 aliphatic heterocycles. The van der Waals surface area contributed by atoms with Crippen molar-refractivity contribution in [1.82, 2.24) is 14.3 Å². The molecule has 3 rings (SSSR count). The monoisotopic (exact) mass is 520 g/mol. The van der Waals surface area contributed by atoms with E-state index < -0.39 is 70.5 Å². The summed E-state index contributed by atoms with van der Waals surface area (Å²) in [5.74, 6) is -6.82. The van der Waals surface area contributed by atoms with Crippen LogP contribution in [0.4, 0.5) is 27.6 Å². The molecule has 2 N–H and O–H groups in total. The first-order valence-corrected chi connectivity index (χ1v) is 9.93. The first kappa shape index (κ1) is 25.7. The van der Waals surface area contributed by atoms with E-state index in [2.05, 4.69) is 9.84 Å². The lowest BCUT2D eigenvalue weighted by molar-refractivity contribution is -0.153. The fourth-order valence-corrected chi connectivity index (χ4v) is 3.17. The Morgan fingerprint density at radius 2 is 1.89 bits per heavy atom. The molecule has 0 bridgehead atoms. The summed E-state index contributed by atoms with van der Waals surface area (Å²) in [6.07, 6.45) is -4.87. The minimum absolute atomic E-state index is 0.163. The Bertz CT molecular complexity index is 1350. The van der Waals surface area contributed by atoms with Gasteiger partial charge >= 0.3 is 17.8 Å². The summed E-state index contributed by atoms with van der Waals surface area (Å²) in [5, 5.41) is 14.5. The number of halogens is 6. The summed E-state index contributed by atoms with van der Waals surface area (Å²) in [5.41, 5.74) is -3.21. The molecule has 0 spiro atoms. The second-order valence-corrected chi connectivity index (χ2v) is 7.23. The van der Waals surface area contributed by atoms with E-state index in [1.54, 1.807) is 0 Å². The Morgan fingerprint density at radius 3 is 2.43 bits per heavy atom. The molecule has 3 aromatic rings. The van der Waals surface area contributed by atoms with Crippen LogP contribution in [0.3, 0.4) is 0 Å². The summed E-state index contributed by atoms with van der Waals surface area (Å²) >= 11 is 5.83. The van der Waals surface area contributed by atoms with Crippen molar-refractivity contribution in [2.45, 2.75) is 19.6 Å². The minimum Gasteiger partial charge on any atom is -0.483 e. The SMILES string of the molecule is CCn1c(C(=O)O)nn(-c2cc(OCC(F)(F)F)c(C(=O)Nc3c(F)cccc3Cl)cc2F)c1=O. The molecule has 35 heavy (non-hydrogen) atoms. The quantitative estimate of drug-likeness (QED) is 0.457. The van der Waals surface area contributed by atoms with Crippen LogP contribution < -0.4 is 15.7 Å². The van der Waals surface area contributed by atoms with Crippen molar-refractivity contribution in [1.29, 1.82) is 0 Å². The Labute approximate surface area is 197 Å². The van der Waals surface area contributed by atoms with E-state index in [9.17, 15) is 41.4 Å². The standard InChI is InChI=1S/C20H14ClF5N4O5/c1-2-29-16(18(32)33)28-30(19(29)34)13-7-14(35-8-20(24,25)26)9(6-12(13)23)17(31)27-15-10(21)4-3-5-11(15)22/h3-7H,2,8H2,1H3,(H,27,31)(H,32,33). The van der Waals surface area contributed by atoms with Crippen LogP contribution in [0.5, 0.6) is 5.75 Å². The van der Waals surface area contributed by atoms with Crippen molar-refractivity contribution in [3.63, 3.8) is 0 Å². The molecule has 9 nitrogen and oxygen atoms in total. The van der Waals surface area contributed by atoms with E-state index in [1.165, 1.54) is 19.1 Å². The fourth-order valence-electron chi connectivity index (χ4n) is 2.96. The van der Waals surface area contributed by atoms with Gasteiger partial charge in [0.15, 0.2) is 6.61 Å². The predicted molar refractivity (Wildman–Crippen MR) is 111 cm³/mol. The van der Waals surface area contributed by atoms with Crippen LogP contribution in [0, 0.1) is 11.6 Å². The van der Waals surface area contributed by atoms with Crippen LogP contribution in [0.25, 0.3) is 5.69 Å². The number of aromatic carboxylic acids is 1. The number of carboxylic acid groups (broad SMARTS) is 1. The minimum atomic E-state index is -4.87. The van der Waals surface area contributed by atoms with Crippen molar-refractivity contribution in [2.75, 3.05) is 11.9 Å². The highest BCUT2D eigenvalue weighted by Crippen LogP contribution is 2.30. The Kier molecular flexibility index (Phi) is 7.14. The molecule has 15 heteroatoms. The highest BCUT2D eigenvalue weighted by atomic mass is 35.5. The second kappa shape index (κ2) is 9.74. The third-order valence-corrected chi connectivity index (χ3v) is 4.80. The lowest BCUT2D eigenvalue weighted by atomic mass is 10.1. The van der Waals surface area contributed by atoms with Crippen molar-refractivity contribution in [3.8, 4) is 11.4 Å². The van der Waals surface area contributed by atoms with Gasteiger partial charge in [-0.3, -0.25) is 9.36 Å². The number of para-hydroxylation sites is 1. The number of carbonyl (C=O) groups is 2. The number of nitrogens with one attached hydrogen (secondary N) is 1. The Hall–Kier alpha value is -3.94. The van der Waals surface area contributed by atoms with Crippen molar-refractivity contribution >= 4 is 29.2 Å². The summed E-state index contributed by atoms with van der Waals surface area (Å²) < 4.78 is 73.0. The predicted octanol–water partition coefficient (Wildman–Crippen LogP) is 3.88. The van der Waals surface area contributed by atoms with Gasteiger partial charge in [-0.1, -0.05) is 17.7 Å². The molecule has 1 aromatic heterocycles. The number of rotatable bonds is 7. The summed E-state index contributed by atoms with van der Waals surface area (Å²) in [6, 6.07) is 4.41. The molecule has 0 aliphatic rings. The number of nitrogens with zero attached hydrogens (tertiary/aromatic N) is 3. The van der Waals surface area contributed by atoms with Crippen LogP contribution in [0.2, 0.25) is 5.02 Å². The zero-order valence-electron chi connectivity index (χ0n) is 17.5. The lowest BCUT2D eigenvalue weighted by Gasteiger charge is -2.15. The Balaban J connectivity index is 2.14. The van der Waals surface area contributed by atoms with Gasteiger partial charge in [0.25, 0.3) is 5.91 Å². The third kappa shape index (κ3) is 5.42. The first-order valence-electron chi connectivity index (χ1n) is 9.56. The summed E-state index contributed by atoms with van der Waals surface area (Å²) in [6.45, 7) is -0.656. The number of carbonyl (C=O) groups excluding carboxylic acids is 1. The van der Waals surface area contributed by atoms with E-state index in [0.717, 1.165) is 6.07 Å². The first-order chi connectivity index (χ1) is 16.3. The van der Waals surface area contributed by atoms with E-state index in [4.69, 9.17) is 11.6 Å².